The lowest BCUT2D eigenvalue weighted by molar-refractivity contribution is 0.736. The van der Waals surface area contributed by atoms with Gasteiger partial charge in [0.1, 0.15) is 5.82 Å². The topological polar surface area (TPSA) is 43.6 Å². The van der Waals surface area contributed by atoms with Crippen LogP contribution < -0.4 is 0 Å². The predicted octanol–water partition coefficient (Wildman–Crippen LogP) is 3.45. The van der Waals surface area contributed by atoms with Crippen LogP contribution in [0.25, 0.3) is 10.2 Å². The number of aromatic nitrogens is 4. The van der Waals surface area contributed by atoms with Gasteiger partial charge in [0, 0.05) is 13.0 Å². The van der Waals surface area contributed by atoms with Crippen LogP contribution in [0.1, 0.15) is 24.6 Å². The first-order chi connectivity index (χ1) is 9.31. The second-order valence-corrected chi connectivity index (χ2v) is 6.97. The lowest BCUT2D eigenvalue weighted by Gasteiger charge is -1.99. The van der Waals surface area contributed by atoms with Gasteiger partial charge in [-0.25, -0.2) is 4.98 Å². The van der Waals surface area contributed by atoms with E-state index in [0.717, 1.165) is 20.8 Å². The van der Waals surface area contributed by atoms with Gasteiger partial charge in [0.15, 0.2) is 9.50 Å². The highest BCUT2D eigenvalue weighted by Gasteiger charge is 2.29. The summed E-state index contributed by atoms with van der Waals surface area (Å²) in [5.74, 6) is 1.74. The Morgan fingerprint density at radius 1 is 1.26 bits per heavy atom. The molecule has 0 bridgehead atoms. The van der Waals surface area contributed by atoms with E-state index >= 15 is 0 Å². The average Bonchev–Trinajstić information content (AvgIpc) is 3.07. The predicted molar refractivity (Wildman–Crippen MR) is 76.7 cm³/mol. The van der Waals surface area contributed by atoms with Crippen molar-refractivity contribution >= 4 is 33.3 Å². The molecule has 2 aromatic heterocycles. The van der Waals surface area contributed by atoms with E-state index in [9.17, 15) is 0 Å². The molecule has 4 nitrogen and oxygen atoms in total. The summed E-state index contributed by atoms with van der Waals surface area (Å²) < 4.78 is 4.35. The number of nitrogens with zero attached hydrogens (tertiary/aromatic N) is 4. The average molecular weight is 288 g/mol. The maximum absolute atomic E-state index is 4.62. The van der Waals surface area contributed by atoms with Crippen LogP contribution in [0.4, 0.5) is 0 Å². The number of para-hydroxylation sites is 1. The number of fused-ring (bicyclic) bond motifs is 1. The molecule has 4 rings (SSSR count). The van der Waals surface area contributed by atoms with Crippen molar-refractivity contribution in [3.05, 3.63) is 30.1 Å². The first-order valence-corrected chi connectivity index (χ1v) is 7.87. The van der Waals surface area contributed by atoms with Crippen molar-refractivity contribution in [2.24, 2.45) is 7.05 Å². The zero-order valence-electron chi connectivity index (χ0n) is 10.4. The molecule has 0 atom stereocenters. The van der Waals surface area contributed by atoms with Crippen LogP contribution in [0.15, 0.2) is 33.8 Å². The zero-order chi connectivity index (χ0) is 12.8. The zero-order valence-corrected chi connectivity index (χ0v) is 12.0. The van der Waals surface area contributed by atoms with Crippen molar-refractivity contribution in [3.63, 3.8) is 0 Å². The van der Waals surface area contributed by atoms with Crippen LogP contribution >= 0.6 is 23.1 Å². The van der Waals surface area contributed by atoms with E-state index in [-0.39, 0.29) is 0 Å². The lowest BCUT2D eigenvalue weighted by atomic mass is 10.3. The van der Waals surface area contributed by atoms with Gasteiger partial charge >= 0.3 is 0 Å². The van der Waals surface area contributed by atoms with Gasteiger partial charge in [0.25, 0.3) is 0 Å². The van der Waals surface area contributed by atoms with Gasteiger partial charge in [0.2, 0.25) is 0 Å². The van der Waals surface area contributed by atoms with Crippen molar-refractivity contribution in [1.29, 1.82) is 0 Å². The van der Waals surface area contributed by atoms with E-state index in [0.29, 0.717) is 5.92 Å². The summed E-state index contributed by atoms with van der Waals surface area (Å²) in [6.07, 6.45) is 2.50. The van der Waals surface area contributed by atoms with E-state index in [1.165, 1.54) is 17.5 Å². The first kappa shape index (κ1) is 11.4. The molecule has 1 aromatic carbocycles. The minimum atomic E-state index is 0.627. The van der Waals surface area contributed by atoms with Gasteiger partial charge < -0.3 is 4.57 Å². The largest absolute Gasteiger partial charge is 0.309 e. The van der Waals surface area contributed by atoms with E-state index in [1.807, 2.05) is 25.2 Å². The fourth-order valence-corrected chi connectivity index (χ4v) is 4.05. The molecule has 1 saturated carbocycles. The van der Waals surface area contributed by atoms with Crippen LogP contribution in [-0.4, -0.2) is 19.7 Å². The number of rotatable bonds is 3. The van der Waals surface area contributed by atoms with Crippen LogP contribution in [0.2, 0.25) is 0 Å². The van der Waals surface area contributed by atoms with Crippen molar-refractivity contribution < 1.29 is 0 Å². The molecule has 0 N–H and O–H groups in total. The third kappa shape index (κ3) is 2.04. The Balaban J connectivity index is 1.66. The molecular weight excluding hydrogens is 276 g/mol. The Kier molecular flexibility index (Phi) is 2.60. The number of hydrogen-bond donors (Lipinski definition) is 0. The van der Waals surface area contributed by atoms with Crippen LogP contribution in [-0.2, 0) is 7.05 Å². The van der Waals surface area contributed by atoms with Gasteiger partial charge in [-0.15, -0.1) is 21.5 Å². The van der Waals surface area contributed by atoms with Crippen LogP contribution in [0, 0.1) is 0 Å². The Bertz CT molecular complexity index is 709. The Hall–Kier alpha value is -1.40. The molecule has 3 aromatic rings. The molecule has 0 amide bonds. The molecule has 1 aliphatic carbocycles. The molecule has 0 radical (unpaired) electrons. The highest BCUT2D eigenvalue weighted by Crippen LogP contribution is 2.40. The van der Waals surface area contributed by atoms with E-state index in [1.54, 1.807) is 23.1 Å². The minimum Gasteiger partial charge on any atom is -0.309 e. The summed E-state index contributed by atoms with van der Waals surface area (Å²) in [6.45, 7) is 0. The summed E-state index contributed by atoms with van der Waals surface area (Å²) in [5.41, 5.74) is 1.06. The Morgan fingerprint density at radius 3 is 2.89 bits per heavy atom. The summed E-state index contributed by atoms with van der Waals surface area (Å²) >= 11 is 3.31. The quantitative estimate of drug-likeness (QED) is 0.740. The Morgan fingerprint density at radius 2 is 2.11 bits per heavy atom. The number of hydrogen-bond acceptors (Lipinski definition) is 5. The van der Waals surface area contributed by atoms with E-state index in [4.69, 9.17) is 0 Å². The molecule has 2 heterocycles. The second kappa shape index (κ2) is 4.31. The molecule has 19 heavy (non-hydrogen) atoms. The lowest BCUT2D eigenvalue weighted by Crippen LogP contribution is -1.96. The van der Waals surface area contributed by atoms with Gasteiger partial charge in [-0.1, -0.05) is 12.1 Å². The van der Waals surface area contributed by atoms with Gasteiger partial charge in [0.05, 0.1) is 10.2 Å². The molecule has 0 aliphatic heterocycles. The molecule has 0 saturated heterocycles. The molecule has 0 spiro atoms. The van der Waals surface area contributed by atoms with E-state index < -0.39 is 0 Å². The van der Waals surface area contributed by atoms with Gasteiger partial charge in [-0.2, -0.15) is 0 Å². The fourth-order valence-electron chi connectivity index (χ4n) is 2.08. The number of benzene rings is 1. The molecule has 1 fully saturated rings. The summed E-state index contributed by atoms with van der Waals surface area (Å²) in [4.78, 5) is 4.62. The standard InChI is InChI=1S/C13H12N4S2/c1-17-11(8-6-7-8)15-16-12(17)19-13-14-9-4-2-3-5-10(9)18-13/h2-5,8H,6-7H2,1H3. The summed E-state index contributed by atoms with van der Waals surface area (Å²) in [6, 6.07) is 8.21. The summed E-state index contributed by atoms with van der Waals surface area (Å²) in [5, 5.41) is 9.51. The molecular formula is C13H12N4S2. The van der Waals surface area contributed by atoms with Crippen LogP contribution in [0.5, 0.6) is 0 Å². The normalized spacial score (nSPS) is 15.2. The third-order valence-electron chi connectivity index (χ3n) is 3.26. The fraction of sp³-hybridized carbons (Fsp3) is 0.308. The maximum Gasteiger partial charge on any atom is 0.198 e. The van der Waals surface area contributed by atoms with Crippen molar-refractivity contribution in [3.8, 4) is 0 Å². The minimum absolute atomic E-state index is 0.627. The second-order valence-electron chi connectivity index (χ2n) is 4.72. The highest BCUT2D eigenvalue weighted by atomic mass is 32.2. The monoisotopic (exact) mass is 288 g/mol. The SMILES string of the molecule is Cn1c(Sc2nc3ccccc3s2)nnc1C1CC1. The van der Waals surface area contributed by atoms with Crippen molar-refractivity contribution in [1.82, 2.24) is 19.7 Å². The smallest absolute Gasteiger partial charge is 0.198 e. The highest BCUT2D eigenvalue weighted by molar-refractivity contribution is 8.01. The first-order valence-electron chi connectivity index (χ1n) is 6.24. The molecule has 0 unspecified atom stereocenters. The van der Waals surface area contributed by atoms with Crippen molar-refractivity contribution in [2.75, 3.05) is 0 Å². The van der Waals surface area contributed by atoms with Gasteiger partial charge in [-0.3, -0.25) is 0 Å². The molecule has 1 aliphatic rings. The third-order valence-corrected chi connectivity index (χ3v) is 5.40. The Labute approximate surface area is 118 Å². The molecule has 96 valence electrons. The van der Waals surface area contributed by atoms with Crippen molar-refractivity contribution in [2.45, 2.75) is 28.3 Å². The van der Waals surface area contributed by atoms with E-state index in [2.05, 4.69) is 25.8 Å². The van der Waals surface area contributed by atoms with Crippen LogP contribution in [0.3, 0.4) is 0 Å². The molecule has 6 heteroatoms. The van der Waals surface area contributed by atoms with Gasteiger partial charge in [-0.05, 0) is 36.7 Å². The summed E-state index contributed by atoms with van der Waals surface area (Å²) in [7, 11) is 2.04. The maximum atomic E-state index is 4.62. The number of thiazole rings is 1.